The fraction of sp³-hybridized carbons (Fsp3) is 0.407. The number of fused-ring (bicyclic) bond motifs is 2. The number of hydrogen-bond donors (Lipinski definition) is 0. The van der Waals surface area contributed by atoms with Crippen LogP contribution in [-0.2, 0) is 0 Å². The van der Waals surface area contributed by atoms with E-state index in [1.165, 1.54) is 0 Å². The van der Waals surface area contributed by atoms with Crippen molar-refractivity contribution >= 4 is 16.9 Å². The Hall–Kier alpha value is -3.32. The first-order valence-corrected chi connectivity index (χ1v) is 11.6. The Labute approximate surface area is 199 Å². The molecule has 180 valence electrons. The van der Waals surface area contributed by atoms with E-state index >= 15 is 0 Å². The predicted molar refractivity (Wildman–Crippen MR) is 132 cm³/mol. The first-order chi connectivity index (χ1) is 16.3. The van der Waals surface area contributed by atoms with Crippen molar-refractivity contribution in [2.75, 3.05) is 40.9 Å². The average molecular weight is 465 g/mol. The Morgan fingerprint density at radius 3 is 2.47 bits per heavy atom. The smallest absolute Gasteiger partial charge is 0.290 e. The van der Waals surface area contributed by atoms with Crippen LogP contribution < -0.4 is 14.9 Å². The molecule has 2 aromatic carbocycles. The number of hydrogen-bond acceptors (Lipinski definition) is 6. The average Bonchev–Trinajstić information content (AvgIpc) is 3.07. The summed E-state index contributed by atoms with van der Waals surface area (Å²) in [5.41, 5.74) is 3.46. The monoisotopic (exact) mass is 464 g/mol. The summed E-state index contributed by atoms with van der Waals surface area (Å²) in [4.78, 5) is 31.1. The Morgan fingerprint density at radius 1 is 1.06 bits per heavy atom. The van der Waals surface area contributed by atoms with E-state index < -0.39 is 6.04 Å². The Bertz CT molecular complexity index is 1290. The molecule has 34 heavy (non-hydrogen) atoms. The second kappa shape index (κ2) is 9.50. The summed E-state index contributed by atoms with van der Waals surface area (Å²) in [5, 5.41) is 0.493. The van der Waals surface area contributed by atoms with Gasteiger partial charge in [0.05, 0.1) is 30.7 Å². The molecule has 0 aliphatic carbocycles. The molecule has 4 rings (SSSR count). The fourth-order valence-electron chi connectivity index (χ4n) is 4.54. The molecule has 7 nitrogen and oxygen atoms in total. The van der Waals surface area contributed by atoms with Crippen molar-refractivity contribution in [1.82, 2.24) is 9.80 Å². The van der Waals surface area contributed by atoms with Crippen molar-refractivity contribution in [3.8, 4) is 11.5 Å². The molecule has 1 aliphatic heterocycles. The van der Waals surface area contributed by atoms with Gasteiger partial charge in [0.2, 0.25) is 5.76 Å². The van der Waals surface area contributed by atoms with Crippen LogP contribution in [0.2, 0.25) is 0 Å². The lowest BCUT2D eigenvalue weighted by molar-refractivity contribution is 0.0722. The van der Waals surface area contributed by atoms with Crippen LogP contribution in [0.25, 0.3) is 11.0 Å². The lowest BCUT2D eigenvalue weighted by atomic mass is 9.97. The minimum Gasteiger partial charge on any atom is -0.493 e. The van der Waals surface area contributed by atoms with Crippen LogP contribution in [0.4, 0.5) is 0 Å². The highest BCUT2D eigenvalue weighted by Gasteiger charge is 2.42. The maximum Gasteiger partial charge on any atom is 0.290 e. The minimum absolute atomic E-state index is 0.128. The van der Waals surface area contributed by atoms with E-state index in [1.807, 2.05) is 65.2 Å². The van der Waals surface area contributed by atoms with Gasteiger partial charge in [-0.3, -0.25) is 9.59 Å². The number of methoxy groups -OCH3 is 1. The molecular formula is C27H32N2O5. The van der Waals surface area contributed by atoms with Crippen molar-refractivity contribution in [2.45, 2.75) is 33.2 Å². The van der Waals surface area contributed by atoms with E-state index in [4.69, 9.17) is 13.9 Å². The van der Waals surface area contributed by atoms with Crippen LogP contribution >= 0.6 is 0 Å². The predicted octanol–water partition coefficient (Wildman–Crippen LogP) is 4.31. The van der Waals surface area contributed by atoms with E-state index in [2.05, 4.69) is 4.90 Å². The Morgan fingerprint density at radius 2 is 1.79 bits per heavy atom. The Balaban J connectivity index is 1.90. The highest BCUT2D eigenvalue weighted by molar-refractivity contribution is 5.99. The summed E-state index contributed by atoms with van der Waals surface area (Å²) >= 11 is 0. The maximum absolute atomic E-state index is 13.8. The highest BCUT2D eigenvalue weighted by atomic mass is 16.5. The van der Waals surface area contributed by atoms with E-state index in [0.29, 0.717) is 41.2 Å². The third-order valence-corrected chi connectivity index (χ3v) is 6.39. The molecule has 1 atom stereocenters. The lowest BCUT2D eigenvalue weighted by Gasteiger charge is -2.26. The lowest BCUT2D eigenvalue weighted by Crippen LogP contribution is -2.32. The van der Waals surface area contributed by atoms with E-state index in [1.54, 1.807) is 12.0 Å². The fourth-order valence-corrected chi connectivity index (χ4v) is 4.54. The van der Waals surface area contributed by atoms with Gasteiger partial charge in [-0.05, 0) is 88.8 Å². The largest absolute Gasteiger partial charge is 0.493 e. The summed E-state index contributed by atoms with van der Waals surface area (Å²) in [6.45, 7) is 7.66. The molecule has 2 heterocycles. The molecule has 0 saturated heterocycles. The first kappa shape index (κ1) is 23.8. The summed E-state index contributed by atoms with van der Waals surface area (Å²) in [6.07, 6.45) is 0.767. The normalized spacial score (nSPS) is 15.3. The van der Waals surface area contributed by atoms with Crippen LogP contribution in [0.15, 0.2) is 39.5 Å². The molecule has 0 saturated carbocycles. The van der Waals surface area contributed by atoms with Gasteiger partial charge in [-0.25, -0.2) is 0 Å². The molecule has 1 amide bonds. The first-order valence-electron chi connectivity index (χ1n) is 11.6. The Kier molecular flexibility index (Phi) is 6.66. The zero-order valence-electron chi connectivity index (χ0n) is 20.7. The molecule has 3 aromatic rings. The van der Waals surface area contributed by atoms with Crippen molar-refractivity contribution < 1.29 is 18.7 Å². The number of carbonyl (C=O) groups excluding carboxylic acids is 1. The molecule has 0 spiro atoms. The molecule has 0 fully saturated rings. The third-order valence-electron chi connectivity index (χ3n) is 6.39. The van der Waals surface area contributed by atoms with Gasteiger partial charge in [0, 0.05) is 6.54 Å². The second-order valence-electron chi connectivity index (χ2n) is 9.01. The number of ether oxygens (including phenoxy) is 2. The summed E-state index contributed by atoms with van der Waals surface area (Å²) < 4.78 is 17.3. The van der Waals surface area contributed by atoms with E-state index in [9.17, 15) is 9.59 Å². The van der Waals surface area contributed by atoms with Crippen LogP contribution in [-0.4, -0.2) is 56.6 Å². The highest BCUT2D eigenvalue weighted by Crippen LogP contribution is 2.41. The molecule has 7 heteroatoms. The quantitative estimate of drug-likeness (QED) is 0.495. The molecule has 0 radical (unpaired) electrons. The van der Waals surface area contributed by atoms with Gasteiger partial charge in [-0.2, -0.15) is 0 Å². The number of carbonyl (C=O) groups is 1. The minimum atomic E-state index is -0.559. The van der Waals surface area contributed by atoms with Crippen molar-refractivity contribution in [2.24, 2.45) is 0 Å². The second-order valence-corrected chi connectivity index (χ2v) is 9.01. The molecular weight excluding hydrogens is 432 g/mol. The van der Waals surface area contributed by atoms with Crippen molar-refractivity contribution in [3.63, 3.8) is 0 Å². The number of nitrogens with zero attached hydrogens (tertiary/aromatic N) is 2. The van der Waals surface area contributed by atoms with Crippen LogP contribution in [0.3, 0.4) is 0 Å². The zero-order chi connectivity index (χ0) is 24.6. The van der Waals surface area contributed by atoms with Crippen LogP contribution in [0, 0.1) is 13.8 Å². The van der Waals surface area contributed by atoms with Crippen molar-refractivity contribution in [1.29, 1.82) is 0 Å². The zero-order valence-corrected chi connectivity index (χ0v) is 20.7. The molecule has 0 bridgehead atoms. The molecule has 1 aliphatic rings. The van der Waals surface area contributed by atoms with E-state index in [-0.39, 0.29) is 17.1 Å². The van der Waals surface area contributed by atoms with E-state index in [0.717, 1.165) is 29.7 Å². The number of benzene rings is 2. The van der Waals surface area contributed by atoms with Gasteiger partial charge in [0.15, 0.2) is 16.9 Å². The molecule has 1 aromatic heterocycles. The topological polar surface area (TPSA) is 72.2 Å². The standard InChI is InChI=1S/C27H32N2O5/c1-7-33-20-10-9-18(15-22(20)32-6)24-23-25(30)19-13-16(2)17(3)14-21(19)34-26(23)27(31)29(24)12-8-11-28(4)5/h9-10,13-15,24H,7-8,11-12H2,1-6H3. The van der Waals surface area contributed by atoms with Gasteiger partial charge in [0.25, 0.3) is 5.91 Å². The number of aryl methyl sites for hydroxylation is 2. The van der Waals surface area contributed by atoms with Gasteiger partial charge >= 0.3 is 0 Å². The van der Waals surface area contributed by atoms with Crippen LogP contribution in [0.1, 0.15) is 52.2 Å². The van der Waals surface area contributed by atoms with Gasteiger partial charge < -0.3 is 23.7 Å². The van der Waals surface area contributed by atoms with Crippen LogP contribution in [0.5, 0.6) is 11.5 Å². The maximum atomic E-state index is 13.8. The number of amides is 1. The third kappa shape index (κ3) is 4.16. The van der Waals surface area contributed by atoms with Gasteiger partial charge in [-0.15, -0.1) is 0 Å². The summed E-state index contributed by atoms with van der Waals surface area (Å²) in [6, 6.07) is 8.70. The SMILES string of the molecule is CCOc1ccc(C2c3c(oc4cc(C)c(C)cc4c3=O)C(=O)N2CCCN(C)C)cc1OC. The van der Waals surface area contributed by atoms with Gasteiger partial charge in [0.1, 0.15) is 5.58 Å². The van der Waals surface area contributed by atoms with Gasteiger partial charge in [-0.1, -0.05) is 6.07 Å². The number of rotatable bonds is 8. The summed E-state index contributed by atoms with van der Waals surface area (Å²) in [7, 11) is 5.58. The van der Waals surface area contributed by atoms with Crippen molar-refractivity contribution in [3.05, 3.63) is 68.6 Å². The summed E-state index contributed by atoms with van der Waals surface area (Å²) in [5.74, 6) is 1.05. The molecule has 0 N–H and O–H groups in total. The molecule has 1 unspecified atom stereocenters.